The molecule has 1 aromatic heterocycles. The number of carboxylic acids is 1. The second-order valence-corrected chi connectivity index (χ2v) is 9.49. The highest BCUT2D eigenvalue weighted by atomic mass is 16.7. The summed E-state index contributed by atoms with van der Waals surface area (Å²) in [4.78, 5) is 24.5. The highest BCUT2D eigenvalue weighted by molar-refractivity contribution is 5.90. The van der Waals surface area contributed by atoms with Crippen LogP contribution in [0.1, 0.15) is 11.1 Å². The first-order chi connectivity index (χ1) is 19.9. The lowest BCUT2D eigenvalue weighted by atomic mass is 9.95. The lowest BCUT2D eigenvalue weighted by Crippen LogP contribution is -2.69. The molecule has 1 aliphatic heterocycles. The predicted molar refractivity (Wildman–Crippen MR) is 144 cm³/mol. The average molecular weight is 580 g/mol. The standard InChI is InChI=1S/C29H24O13/c30-15-8-9-16(14(10-15)7-6-13-4-2-1-3-5-13)18-11-17(31)21-19(40-18)12-20(22(32)23(21)33)41-28-26(35)29(38,39)25(34)24(42-28)27(36)37/h1-12,24-26,28,30,32-35,38-39H,(H,36,37)/b7-6-/t24-,25+,26-,28+/m0/s1. The van der Waals surface area contributed by atoms with E-state index >= 15 is 0 Å². The zero-order chi connectivity index (χ0) is 30.3. The molecule has 0 aliphatic carbocycles. The summed E-state index contributed by atoms with van der Waals surface area (Å²) in [6, 6.07) is 15.5. The molecule has 0 spiro atoms. The number of hydrogen-bond acceptors (Lipinski definition) is 12. The van der Waals surface area contributed by atoms with E-state index in [1.54, 1.807) is 12.2 Å². The Bertz CT molecular complexity index is 1740. The number of aliphatic hydroxyl groups is 4. The van der Waals surface area contributed by atoms with Gasteiger partial charge in [0, 0.05) is 17.7 Å². The molecule has 8 N–H and O–H groups in total. The molecular weight excluding hydrogens is 556 g/mol. The number of phenols is 3. The summed E-state index contributed by atoms with van der Waals surface area (Å²) >= 11 is 0. The Kier molecular flexibility index (Phi) is 7.36. The largest absolute Gasteiger partial charge is 0.508 e. The number of benzene rings is 3. The van der Waals surface area contributed by atoms with Crippen LogP contribution < -0.4 is 10.2 Å². The van der Waals surface area contributed by atoms with Crippen molar-refractivity contribution in [2.24, 2.45) is 0 Å². The minimum absolute atomic E-state index is 0.0102. The van der Waals surface area contributed by atoms with E-state index in [-0.39, 0.29) is 17.1 Å². The first kappa shape index (κ1) is 28.6. The van der Waals surface area contributed by atoms with Crippen LogP contribution in [-0.4, -0.2) is 77.2 Å². The van der Waals surface area contributed by atoms with Gasteiger partial charge in [0.25, 0.3) is 0 Å². The minimum Gasteiger partial charge on any atom is -0.508 e. The lowest BCUT2D eigenvalue weighted by molar-refractivity contribution is -0.369. The number of phenolic OH excluding ortho intramolecular Hbond substituents is 3. The summed E-state index contributed by atoms with van der Waals surface area (Å²) in [5, 5.41) is 80.3. The SMILES string of the molecule is O=C(O)[C@H]1O[C@@H](Oc2cc3oc(-c4ccc(O)cc4/C=C\c4ccccc4)cc(=O)c3c(O)c2O)[C@H](O)C(O)(O)[C@@H]1O. The fourth-order valence-electron chi connectivity index (χ4n) is 4.46. The van der Waals surface area contributed by atoms with Gasteiger partial charge in [-0.05, 0) is 29.3 Å². The smallest absolute Gasteiger partial charge is 0.335 e. The number of carbonyl (C=O) groups is 1. The summed E-state index contributed by atoms with van der Waals surface area (Å²) in [6.07, 6.45) is -5.91. The van der Waals surface area contributed by atoms with Crippen LogP contribution in [0.5, 0.6) is 23.0 Å². The molecule has 2 heterocycles. The van der Waals surface area contributed by atoms with Gasteiger partial charge in [0.05, 0.1) is 0 Å². The molecule has 3 aromatic carbocycles. The Hall–Kier alpha value is -4.92. The van der Waals surface area contributed by atoms with Crippen molar-refractivity contribution in [3.63, 3.8) is 0 Å². The Morgan fingerprint density at radius 1 is 0.905 bits per heavy atom. The number of aliphatic hydroxyl groups excluding tert-OH is 2. The first-order valence-electron chi connectivity index (χ1n) is 12.3. The number of aromatic hydroxyl groups is 3. The number of aliphatic carboxylic acids is 1. The maximum absolute atomic E-state index is 13.0. The second-order valence-electron chi connectivity index (χ2n) is 9.49. The van der Waals surface area contributed by atoms with E-state index in [4.69, 9.17) is 13.9 Å². The van der Waals surface area contributed by atoms with Crippen LogP contribution in [0.15, 0.2) is 69.9 Å². The predicted octanol–water partition coefficient (Wildman–Crippen LogP) is 1.34. The van der Waals surface area contributed by atoms with Gasteiger partial charge in [-0.3, -0.25) is 4.79 Å². The molecule has 1 aliphatic rings. The van der Waals surface area contributed by atoms with Crippen molar-refractivity contribution < 1.29 is 59.5 Å². The summed E-state index contributed by atoms with van der Waals surface area (Å²) in [6.45, 7) is 0. The van der Waals surface area contributed by atoms with E-state index < -0.39 is 64.4 Å². The Morgan fingerprint density at radius 2 is 1.62 bits per heavy atom. The molecule has 0 radical (unpaired) electrons. The van der Waals surface area contributed by atoms with E-state index in [0.717, 1.165) is 17.7 Å². The van der Waals surface area contributed by atoms with Crippen molar-refractivity contribution in [1.29, 1.82) is 0 Å². The van der Waals surface area contributed by atoms with Crippen LogP contribution in [-0.2, 0) is 9.53 Å². The van der Waals surface area contributed by atoms with Gasteiger partial charge in [-0.1, -0.05) is 42.5 Å². The molecule has 13 heteroatoms. The van der Waals surface area contributed by atoms with Crippen LogP contribution in [0, 0.1) is 0 Å². The maximum atomic E-state index is 13.0. The number of ether oxygens (including phenoxy) is 2. The molecule has 0 amide bonds. The third-order valence-electron chi connectivity index (χ3n) is 6.67. The highest BCUT2D eigenvalue weighted by Crippen LogP contribution is 2.43. The maximum Gasteiger partial charge on any atom is 0.335 e. The van der Waals surface area contributed by atoms with Crippen molar-refractivity contribution in [1.82, 2.24) is 0 Å². The number of rotatable bonds is 6. The quantitative estimate of drug-likeness (QED) is 0.0916. The Balaban J connectivity index is 1.58. The topological polar surface area (TPSA) is 228 Å². The van der Waals surface area contributed by atoms with Crippen molar-refractivity contribution in [2.75, 3.05) is 0 Å². The summed E-state index contributed by atoms with van der Waals surface area (Å²) < 4.78 is 16.1. The molecule has 4 aromatic rings. The molecular formula is C29H24O13. The molecule has 0 unspecified atom stereocenters. The molecule has 0 saturated carbocycles. The molecule has 218 valence electrons. The number of hydrogen-bond donors (Lipinski definition) is 8. The molecule has 1 fully saturated rings. The highest BCUT2D eigenvalue weighted by Gasteiger charge is 2.58. The zero-order valence-electron chi connectivity index (χ0n) is 21.4. The van der Waals surface area contributed by atoms with Gasteiger partial charge in [-0.15, -0.1) is 0 Å². The third kappa shape index (κ3) is 5.13. The molecule has 13 nitrogen and oxygen atoms in total. The van der Waals surface area contributed by atoms with Crippen LogP contribution >= 0.6 is 0 Å². The molecule has 4 atom stereocenters. The van der Waals surface area contributed by atoms with E-state index in [2.05, 4.69) is 0 Å². The second kappa shape index (κ2) is 10.8. The van der Waals surface area contributed by atoms with E-state index in [0.29, 0.717) is 11.1 Å². The van der Waals surface area contributed by atoms with Gasteiger partial charge in [-0.25, -0.2) is 4.79 Å². The first-order valence-corrected chi connectivity index (χ1v) is 12.3. The van der Waals surface area contributed by atoms with Crippen molar-refractivity contribution in [3.8, 4) is 34.3 Å². The van der Waals surface area contributed by atoms with E-state index in [1.165, 1.54) is 18.2 Å². The Morgan fingerprint density at radius 3 is 2.31 bits per heavy atom. The van der Waals surface area contributed by atoms with Gasteiger partial charge in [0.15, 0.2) is 29.1 Å². The van der Waals surface area contributed by atoms with Gasteiger partial charge in [-0.2, -0.15) is 0 Å². The van der Waals surface area contributed by atoms with Crippen LogP contribution in [0.4, 0.5) is 0 Å². The molecule has 42 heavy (non-hydrogen) atoms. The molecule has 5 rings (SSSR count). The normalized spacial score (nSPS) is 21.9. The van der Waals surface area contributed by atoms with Gasteiger partial charge >= 0.3 is 5.97 Å². The van der Waals surface area contributed by atoms with Crippen molar-refractivity contribution in [3.05, 3.63) is 82.0 Å². The lowest BCUT2D eigenvalue weighted by Gasteiger charge is -2.43. The average Bonchev–Trinajstić information content (AvgIpc) is 2.95. The van der Waals surface area contributed by atoms with E-state index in [9.17, 15) is 50.4 Å². The summed E-state index contributed by atoms with van der Waals surface area (Å²) in [5.74, 6) is -8.01. The Labute approximate surface area is 235 Å². The third-order valence-corrected chi connectivity index (χ3v) is 6.67. The number of fused-ring (bicyclic) bond motifs is 1. The summed E-state index contributed by atoms with van der Waals surface area (Å²) in [7, 11) is 0. The number of carboxylic acid groups (broad SMARTS) is 1. The van der Waals surface area contributed by atoms with Crippen molar-refractivity contribution in [2.45, 2.75) is 30.4 Å². The fraction of sp³-hybridized carbons (Fsp3) is 0.172. The summed E-state index contributed by atoms with van der Waals surface area (Å²) in [5.41, 5.74) is 0.579. The van der Waals surface area contributed by atoms with Crippen molar-refractivity contribution >= 4 is 29.1 Å². The van der Waals surface area contributed by atoms with Crippen LogP contribution in [0.25, 0.3) is 34.4 Å². The van der Waals surface area contributed by atoms with E-state index in [1.807, 2.05) is 30.3 Å². The van der Waals surface area contributed by atoms with Gasteiger partial charge in [0.2, 0.25) is 17.8 Å². The minimum atomic E-state index is -3.40. The fourth-order valence-corrected chi connectivity index (χ4v) is 4.46. The molecule has 1 saturated heterocycles. The van der Waals surface area contributed by atoms with Crippen LogP contribution in [0.3, 0.4) is 0 Å². The van der Waals surface area contributed by atoms with Crippen LogP contribution in [0.2, 0.25) is 0 Å². The monoisotopic (exact) mass is 580 g/mol. The molecule has 0 bridgehead atoms. The zero-order valence-corrected chi connectivity index (χ0v) is 21.4. The van der Waals surface area contributed by atoms with Gasteiger partial charge in [0.1, 0.15) is 28.6 Å². The van der Waals surface area contributed by atoms with Gasteiger partial charge < -0.3 is 54.7 Å².